The maximum absolute atomic E-state index is 9.77. The van der Waals surface area contributed by atoms with Crippen molar-refractivity contribution in [1.29, 1.82) is 0 Å². The van der Waals surface area contributed by atoms with Crippen LogP contribution in [0.3, 0.4) is 0 Å². The van der Waals surface area contributed by atoms with E-state index in [9.17, 15) is 5.11 Å². The van der Waals surface area contributed by atoms with Gasteiger partial charge in [0, 0.05) is 36.7 Å². The van der Waals surface area contributed by atoms with Gasteiger partial charge in [0.1, 0.15) is 5.75 Å². The van der Waals surface area contributed by atoms with Crippen molar-refractivity contribution in [3.63, 3.8) is 0 Å². The van der Waals surface area contributed by atoms with Crippen molar-refractivity contribution < 1.29 is 5.11 Å². The minimum absolute atomic E-state index is 0. The van der Waals surface area contributed by atoms with Crippen LogP contribution in [0.25, 0.3) is 0 Å². The van der Waals surface area contributed by atoms with Crippen molar-refractivity contribution in [3.05, 3.63) is 28.2 Å². The molecule has 0 aliphatic carbocycles. The van der Waals surface area contributed by atoms with Gasteiger partial charge in [-0.2, -0.15) is 0 Å². The van der Waals surface area contributed by atoms with Crippen LogP contribution >= 0.6 is 40.7 Å². The Balaban J connectivity index is 0.00000200. The molecule has 1 aromatic carbocycles. The van der Waals surface area contributed by atoms with E-state index in [1.807, 2.05) is 12.1 Å². The molecule has 0 unspecified atom stereocenters. The molecule has 0 bridgehead atoms. The number of phenols is 1. The van der Waals surface area contributed by atoms with Gasteiger partial charge in [0.25, 0.3) is 0 Å². The van der Waals surface area contributed by atoms with Crippen LogP contribution in [0.1, 0.15) is 31.9 Å². The summed E-state index contributed by atoms with van der Waals surface area (Å²) < 4.78 is 1.09. The first-order chi connectivity index (χ1) is 9.08. The van der Waals surface area contributed by atoms with Crippen LogP contribution in [0.5, 0.6) is 5.75 Å². The molecular formula is C15H25BrCl2N2O. The molecule has 1 fully saturated rings. The summed E-state index contributed by atoms with van der Waals surface area (Å²) in [6, 6.07) is 5.96. The van der Waals surface area contributed by atoms with Gasteiger partial charge >= 0.3 is 0 Å². The van der Waals surface area contributed by atoms with E-state index in [4.69, 9.17) is 0 Å². The van der Waals surface area contributed by atoms with Gasteiger partial charge in [-0.25, -0.2) is 0 Å². The molecule has 0 saturated carbocycles. The Morgan fingerprint density at radius 1 is 1.24 bits per heavy atom. The molecule has 2 rings (SSSR count). The highest BCUT2D eigenvalue weighted by Gasteiger charge is 2.24. The van der Waals surface area contributed by atoms with Gasteiger partial charge in [-0.15, -0.1) is 24.8 Å². The molecule has 0 spiro atoms. The molecule has 1 heterocycles. The fourth-order valence-corrected chi connectivity index (χ4v) is 3.21. The van der Waals surface area contributed by atoms with Gasteiger partial charge in [0.2, 0.25) is 0 Å². The first kappa shape index (κ1) is 21.0. The quantitative estimate of drug-likeness (QED) is 0.803. The number of aromatic hydroxyl groups is 1. The van der Waals surface area contributed by atoms with Crippen molar-refractivity contribution in [1.82, 2.24) is 10.2 Å². The molecule has 122 valence electrons. The van der Waals surface area contributed by atoms with Gasteiger partial charge in [0.15, 0.2) is 0 Å². The largest absolute Gasteiger partial charge is 0.508 e. The maximum atomic E-state index is 9.77. The van der Waals surface area contributed by atoms with Crippen LogP contribution in [-0.2, 0) is 0 Å². The van der Waals surface area contributed by atoms with Crippen molar-refractivity contribution in [2.75, 3.05) is 26.2 Å². The van der Waals surface area contributed by atoms with Gasteiger partial charge in [-0.05, 0) is 36.1 Å². The first-order valence-corrected chi connectivity index (χ1v) is 7.80. The van der Waals surface area contributed by atoms with Crippen LogP contribution < -0.4 is 5.32 Å². The number of rotatable bonds is 4. The second-order valence-electron chi connectivity index (χ2n) is 5.64. The minimum atomic E-state index is 0. The highest BCUT2D eigenvalue weighted by Crippen LogP contribution is 2.35. The maximum Gasteiger partial charge on any atom is 0.115 e. The number of piperazine rings is 1. The second-order valence-corrected chi connectivity index (χ2v) is 6.49. The molecule has 21 heavy (non-hydrogen) atoms. The molecule has 3 nitrogen and oxygen atoms in total. The summed E-state index contributed by atoms with van der Waals surface area (Å²) in [6.07, 6.45) is 1.11. The average molecular weight is 400 g/mol. The smallest absolute Gasteiger partial charge is 0.115 e. The highest BCUT2D eigenvalue weighted by molar-refractivity contribution is 9.10. The monoisotopic (exact) mass is 398 g/mol. The zero-order valence-electron chi connectivity index (χ0n) is 12.5. The third-order valence-corrected chi connectivity index (χ3v) is 4.35. The zero-order valence-corrected chi connectivity index (χ0v) is 15.7. The summed E-state index contributed by atoms with van der Waals surface area (Å²) >= 11 is 3.63. The highest BCUT2D eigenvalue weighted by atomic mass is 79.9. The third-order valence-electron chi connectivity index (χ3n) is 3.63. The molecule has 0 aromatic heterocycles. The van der Waals surface area contributed by atoms with Crippen molar-refractivity contribution in [2.45, 2.75) is 26.3 Å². The molecule has 0 radical (unpaired) electrons. The number of hydrogen-bond donors (Lipinski definition) is 2. The lowest BCUT2D eigenvalue weighted by Gasteiger charge is -2.36. The van der Waals surface area contributed by atoms with E-state index in [0.29, 0.717) is 17.7 Å². The Hall–Kier alpha value is -0.000000000000000222. The molecule has 1 saturated heterocycles. The predicted octanol–water partition coefficient (Wildman–Crippen LogP) is 3.99. The Labute approximate surface area is 148 Å². The van der Waals surface area contributed by atoms with Crippen LogP contribution in [0.4, 0.5) is 0 Å². The minimum Gasteiger partial charge on any atom is -0.508 e. The lowest BCUT2D eigenvalue weighted by molar-refractivity contribution is 0.153. The SMILES string of the molecule is CC(C)C[C@@H](c1cc(O)ccc1Br)N1CCNCC1.Cl.Cl. The summed E-state index contributed by atoms with van der Waals surface area (Å²) in [4.78, 5) is 2.52. The van der Waals surface area contributed by atoms with E-state index >= 15 is 0 Å². The van der Waals surface area contributed by atoms with Crippen molar-refractivity contribution >= 4 is 40.7 Å². The zero-order chi connectivity index (χ0) is 13.8. The van der Waals surface area contributed by atoms with Crippen LogP contribution in [-0.4, -0.2) is 36.2 Å². The molecule has 1 aliphatic rings. The molecular weight excluding hydrogens is 375 g/mol. The average Bonchev–Trinajstić information content (AvgIpc) is 2.40. The Bertz CT molecular complexity index is 426. The molecule has 1 atom stereocenters. The third kappa shape index (κ3) is 5.95. The van der Waals surface area contributed by atoms with Crippen LogP contribution in [0.15, 0.2) is 22.7 Å². The summed E-state index contributed by atoms with van der Waals surface area (Å²) in [6.45, 7) is 8.74. The van der Waals surface area contributed by atoms with Crippen molar-refractivity contribution in [2.24, 2.45) is 5.92 Å². The Morgan fingerprint density at radius 2 is 1.86 bits per heavy atom. The van der Waals surface area contributed by atoms with Crippen LogP contribution in [0.2, 0.25) is 0 Å². The Kier molecular flexibility index (Phi) is 9.90. The first-order valence-electron chi connectivity index (χ1n) is 7.01. The van der Waals surface area contributed by atoms with Crippen molar-refractivity contribution in [3.8, 4) is 5.75 Å². The molecule has 0 amide bonds. The molecule has 6 heteroatoms. The van der Waals surface area contributed by atoms with Gasteiger partial charge in [0.05, 0.1) is 0 Å². The van der Waals surface area contributed by atoms with Gasteiger partial charge < -0.3 is 10.4 Å². The fourth-order valence-electron chi connectivity index (χ4n) is 2.70. The molecule has 1 aliphatic heterocycles. The van der Waals surface area contributed by atoms with E-state index in [1.165, 1.54) is 5.56 Å². The lowest BCUT2D eigenvalue weighted by Crippen LogP contribution is -2.45. The van der Waals surface area contributed by atoms with E-state index in [1.54, 1.807) is 6.07 Å². The summed E-state index contributed by atoms with van der Waals surface area (Å²) in [5.41, 5.74) is 1.20. The normalized spacial score (nSPS) is 17.0. The number of halogens is 3. The van der Waals surface area contributed by atoms with E-state index < -0.39 is 0 Å². The van der Waals surface area contributed by atoms with E-state index in [2.05, 4.69) is 40.0 Å². The number of nitrogens with zero attached hydrogens (tertiary/aromatic N) is 1. The van der Waals surface area contributed by atoms with Gasteiger partial charge in [-0.1, -0.05) is 29.8 Å². The lowest BCUT2D eigenvalue weighted by atomic mass is 9.95. The fraction of sp³-hybridized carbons (Fsp3) is 0.600. The summed E-state index contributed by atoms with van der Waals surface area (Å²) in [5, 5.41) is 13.2. The number of hydrogen-bond acceptors (Lipinski definition) is 3. The Morgan fingerprint density at radius 3 is 2.43 bits per heavy atom. The number of nitrogens with one attached hydrogen (secondary N) is 1. The van der Waals surface area contributed by atoms with E-state index in [-0.39, 0.29) is 24.8 Å². The number of benzene rings is 1. The molecule has 1 aromatic rings. The van der Waals surface area contributed by atoms with Crippen LogP contribution in [0, 0.1) is 5.92 Å². The second kappa shape index (κ2) is 9.90. The topological polar surface area (TPSA) is 35.5 Å². The van der Waals surface area contributed by atoms with Gasteiger partial charge in [-0.3, -0.25) is 4.90 Å². The standard InChI is InChI=1S/C15H23BrN2O.2ClH/c1-11(2)9-15(18-7-5-17-6-8-18)13-10-12(19)3-4-14(13)16;;/h3-4,10-11,15,17,19H,5-9H2,1-2H3;2*1H/t15-;;/m0../s1. The summed E-state index contributed by atoms with van der Waals surface area (Å²) in [7, 11) is 0. The van der Waals surface area contributed by atoms with E-state index in [0.717, 1.165) is 37.1 Å². The number of phenolic OH excluding ortho intramolecular Hbond substituents is 1. The molecule has 2 N–H and O–H groups in total. The summed E-state index contributed by atoms with van der Waals surface area (Å²) in [5.74, 6) is 0.983. The predicted molar refractivity (Wildman–Crippen MR) is 96.9 cm³/mol.